The van der Waals surface area contributed by atoms with Gasteiger partial charge in [-0.25, -0.2) is 8.78 Å². The first-order valence-electron chi connectivity index (χ1n) is 13.2. The molecular weight excluding hydrogens is 481 g/mol. The van der Waals surface area contributed by atoms with Gasteiger partial charge in [-0.15, -0.1) is 0 Å². The molecule has 0 saturated heterocycles. The minimum Gasteiger partial charge on any atom is -0.491 e. The van der Waals surface area contributed by atoms with Crippen LogP contribution in [0.3, 0.4) is 0 Å². The van der Waals surface area contributed by atoms with E-state index in [9.17, 15) is 13.2 Å². The highest BCUT2D eigenvalue weighted by atomic mass is 19.2. The van der Waals surface area contributed by atoms with E-state index in [1.54, 1.807) is 0 Å². The second-order valence-corrected chi connectivity index (χ2v) is 10.3. The fourth-order valence-corrected chi connectivity index (χ4v) is 3.21. The van der Waals surface area contributed by atoms with Crippen LogP contribution in [0.5, 0.6) is 0 Å². The zero-order chi connectivity index (χ0) is 29.6. The molecule has 0 fully saturated rings. The molecule has 0 rings (SSSR count). The Balaban J connectivity index is 5.19. The third kappa shape index (κ3) is 12.5. The zero-order valence-corrected chi connectivity index (χ0v) is 24.4. The highest BCUT2D eigenvalue weighted by Crippen LogP contribution is 2.29. The fraction of sp³-hybridized carbons (Fsp3) is 0.412. The molecule has 0 heterocycles. The van der Waals surface area contributed by atoms with E-state index in [1.165, 1.54) is 31.1 Å². The molecule has 0 radical (unpaired) electrons. The number of hydrogen-bond acceptors (Lipinski definition) is 1. The van der Waals surface area contributed by atoms with Crippen LogP contribution in [0.15, 0.2) is 120 Å². The van der Waals surface area contributed by atoms with Crippen LogP contribution < -0.4 is 0 Å². The van der Waals surface area contributed by atoms with Gasteiger partial charge in [0.1, 0.15) is 5.83 Å². The highest BCUT2D eigenvalue weighted by molar-refractivity contribution is 5.53. The van der Waals surface area contributed by atoms with Crippen LogP contribution in [-0.4, -0.2) is 6.61 Å². The summed E-state index contributed by atoms with van der Waals surface area (Å²) in [5.41, 5.74) is 1.59. The number of rotatable bonds is 18. The number of halogens is 3. The van der Waals surface area contributed by atoms with Gasteiger partial charge >= 0.3 is 0 Å². The van der Waals surface area contributed by atoms with E-state index >= 15 is 0 Å². The lowest BCUT2D eigenvalue weighted by Gasteiger charge is -2.20. The maximum atomic E-state index is 14.9. The first kappa shape index (κ1) is 35.0. The minimum absolute atomic E-state index is 0.110. The Morgan fingerprint density at radius 1 is 0.763 bits per heavy atom. The molecule has 0 aliphatic rings. The molecule has 2 unspecified atom stereocenters. The minimum atomic E-state index is -1.23. The quantitative estimate of drug-likeness (QED) is 0.127. The van der Waals surface area contributed by atoms with Crippen molar-refractivity contribution in [1.82, 2.24) is 0 Å². The SMILES string of the molecule is C=C(/C=C\C(=C)C(=C)/C(F)=C(/F)C(=C)OCCC)C(=C)/C=C(/F)C(=C)/C(C)=C/CC(C)C(C)CCC(C)C. The Bertz CT molecular complexity index is 1030. The smallest absolute Gasteiger partial charge is 0.200 e. The average Bonchev–Trinajstić information content (AvgIpc) is 2.89. The molecule has 0 aromatic carbocycles. The molecular formula is C34H47F3O. The largest absolute Gasteiger partial charge is 0.491 e. The predicted octanol–water partition coefficient (Wildman–Crippen LogP) is 11.3. The Hall–Kier alpha value is -3.01. The molecule has 0 amide bonds. The lowest BCUT2D eigenvalue weighted by molar-refractivity contribution is 0.208. The van der Waals surface area contributed by atoms with E-state index in [1.807, 2.05) is 19.9 Å². The van der Waals surface area contributed by atoms with Crippen molar-refractivity contribution in [3.05, 3.63) is 120 Å². The van der Waals surface area contributed by atoms with E-state index in [-0.39, 0.29) is 23.3 Å². The number of hydrogen-bond donors (Lipinski definition) is 0. The van der Waals surface area contributed by atoms with Crippen LogP contribution in [0, 0.1) is 17.8 Å². The van der Waals surface area contributed by atoms with Crippen molar-refractivity contribution in [3.63, 3.8) is 0 Å². The first-order chi connectivity index (χ1) is 17.6. The monoisotopic (exact) mass is 528 g/mol. The van der Waals surface area contributed by atoms with E-state index in [4.69, 9.17) is 4.74 Å². The molecule has 210 valence electrons. The summed E-state index contributed by atoms with van der Waals surface area (Å²) in [6.45, 7) is 35.1. The normalized spacial score (nSPS) is 14.7. The summed E-state index contributed by atoms with van der Waals surface area (Å²) in [6.07, 6.45) is 10.0. The summed E-state index contributed by atoms with van der Waals surface area (Å²) in [5.74, 6) is -1.59. The van der Waals surface area contributed by atoms with Crippen LogP contribution in [0.4, 0.5) is 13.2 Å². The maximum absolute atomic E-state index is 14.9. The van der Waals surface area contributed by atoms with Crippen molar-refractivity contribution in [2.45, 2.75) is 67.2 Å². The van der Waals surface area contributed by atoms with Gasteiger partial charge in [0, 0.05) is 11.1 Å². The van der Waals surface area contributed by atoms with Crippen LogP contribution in [0.25, 0.3) is 0 Å². The molecule has 0 saturated carbocycles. The summed E-state index contributed by atoms with van der Waals surface area (Å²) in [5, 5.41) is 0. The third-order valence-corrected chi connectivity index (χ3v) is 6.50. The van der Waals surface area contributed by atoms with Gasteiger partial charge in [-0.2, -0.15) is 4.39 Å². The van der Waals surface area contributed by atoms with E-state index in [0.717, 1.165) is 12.0 Å². The van der Waals surface area contributed by atoms with Gasteiger partial charge in [0.25, 0.3) is 0 Å². The molecule has 1 nitrogen and oxygen atoms in total. The van der Waals surface area contributed by atoms with Crippen molar-refractivity contribution < 1.29 is 17.9 Å². The summed E-state index contributed by atoms with van der Waals surface area (Å²) in [7, 11) is 0. The molecule has 0 N–H and O–H groups in total. The summed E-state index contributed by atoms with van der Waals surface area (Å²) in [6, 6.07) is 0. The van der Waals surface area contributed by atoms with E-state index in [2.05, 4.69) is 67.2 Å². The molecule has 2 atom stereocenters. The van der Waals surface area contributed by atoms with Crippen molar-refractivity contribution in [2.24, 2.45) is 17.8 Å². The summed E-state index contributed by atoms with van der Waals surface area (Å²) >= 11 is 0. The molecule has 0 aliphatic carbocycles. The lowest BCUT2D eigenvalue weighted by Crippen LogP contribution is -2.08. The molecule has 0 aromatic heterocycles. The van der Waals surface area contributed by atoms with Crippen molar-refractivity contribution >= 4 is 0 Å². The van der Waals surface area contributed by atoms with E-state index in [0.29, 0.717) is 35.3 Å². The lowest BCUT2D eigenvalue weighted by atomic mass is 9.86. The average molecular weight is 529 g/mol. The van der Waals surface area contributed by atoms with Gasteiger partial charge < -0.3 is 4.74 Å². The molecule has 0 bridgehead atoms. The van der Waals surface area contributed by atoms with Crippen molar-refractivity contribution in [3.8, 4) is 0 Å². The Morgan fingerprint density at radius 3 is 1.89 bits per heavy atom. The second-order valence-electron chi connectivity index (χ2n) is 10.3. The Kier molecular flexibility index (Phi) is 16.1. The van der Waals surface area contributed by atoms with Crippen LogP contribution in [0.1, 0.15) is 67.2 Å². The Labute approximate surface area is 229 Å². The number of ether oxygens (including phenoxy) is 1. The summed E-state index contributed by atoms with van der Waals surface area (Å²) in [4.78, 5) is 0. The predicted molar refractivity (Wildman–Crippen MR) is 159 cm³/mol. The summed E-state index contributed by atoms with van der Waals surface area (Å²) < 4.78 is 48.5. The van der Waals surface area contributed by atoms with Crippen LogP contribution in [0.2, 0.25) is 0 Å². The van der Waals surface area contributed by atoms with Gasteiger partial charge in [0.2, 0.25) is 5.83 Å². The standard InChI is InChI=1S/C34H47F3O/c1-13-20-38-31(12)34(37)33(36)30(11)27(8)19-17-25(6)28(9)21-32(35)29(10)26(7)18-16-24(5)23(4)15-14-22(2)3/h17-19,21-24H,6,8-16,20H2,1-5,7H3/b19-17-,26-18+,32-21+,34-33-. The zero-order valence-electron chi connectivity index (χ0n) is 24.4. The van der Waals surface area contributed by atoms with Gasteiger partial charge in [-0.1, -0.05) is 105 Å². The van der Waals surface area contributed by atoms with Gasteiger partial charge in [-0.05, 0) is 65.9 Å². The highest BCUT2D eigenvalue weighted by Gasteiger charge is 2.16. The van der Waals surface area contributed by atoms with Gasteiger partial charge in [0.15, 0.2) is 11.6 Å². The van der Waals surface area contributed by atoms with Gasteiger partial charge in [-0.3, -0.25) is 0 Å². The van der Waals surface area contributed by atoms with Crippen molar-refractivity contribution in [2.75, 3.05) is 6.61 Å². The van der Waals surface area contributed by atoms with Crippen LogP contribution >= 0.6 is 0 Å². The first-order valence-corrected chi connectivity index (χ1v) is 13.2. The van der Waals surface area contributed by atoms with Gasteiger partial charge in [0.05, 0.1) is 6.61 Å². The topological polar surface area (TPSA) is 9.23 Å². The van der Waals surface area contributed by atoms with Crippen molar-refractivity contribution in [1.29, 1.82) is 0 Å². The molecule has 4 heteroatoms. The Morgan fingerprint density at radius 2 is 1.34 bits per heavy atom. The van der Waals surface area contributed by atoms with Crippen LogP contribution in [-0.2, 0) is 4.74 Å². The maximum Gasteiger partial charge on any atom is 0.200 e. The number of allylic oxidation sites excluding steroid dienone is 13. The van der Waals surface area contributed by atoms with E-state index < -0.39 is 23.2 Å². The second kappa shape index (κ2) is 17.5. The molecule has 0 spiro atoms. The third-order valence-electron chi connectivity index (χ3n) is 6.50. The fourth-order valence-electron chi connectivity index (χ4n) is 3.21. The molecule has 0 aliphatic heterocycles. The molecule has 38 heavy (non-hydrogen) atoms. The molecule has 0 aromatic rings.